The molecule has 26 heavy (non-hydrogen) atoms. The van der Waals surface area contributed by atoms with E-state index in [4.69, 9.17) is 23.2 Å². The predicted molar refractivity (Wildman–Crippen MR) is 107 cm³/mol. The van der Waals surface area contributed by atoms with Crippen LogP contribution >= 0.6 is 23.2 Å². The zero-order chi connectivity index (χ0) is 19.3. The van der Waals surface area contributed by atoms with Crippen LogP contribution in [0.1, 0.15) is 18.4 Å². The van der Waals surface area contributed by atoms with Gasteiger partial charge in [0.1, 0.15) is 6.54 Å². The molecule has 2 rings (SSSR count). The molecule has 5 nitrogen and oxygen atoms in total. The second kappa shape index (κ2) is 8.75. The van der Waals surface area contributed by atoms with Crippen LogP contribution in [0.3, 0.4) is 0 Å². The fourth-order valence-electron chi connectivity index (χ4n) is 2.44. The van der Waals surface area contributed by atoms with Crippen molar-refractivity contribution in [2.45, 2.75) is 12.8 Å². The summed E-state index contributed by atoms with van der Waals surface area (Å²) < 4.78 is 25.2. The van der Waals surface area contributed by atoms with Crippen LogP contribution in [0, 0.1) is 0 Å². The number of anilines is 1. The van der Waals surface area contributed by atoms with E-state index in [2.05, 4.69) is 5.32 Å². The largest absolute Gasteiger partial charge is 0.354 e. The van der Waals surface area contributed by atoms with E-state index < -0.39 is 15.9 Å². The molecule has 1 amide bonds. The topological polar surface area (TPSA) is 66.5 Å². The van der Waals surface area contributed by atoms with E-state index in [1.807, 2.05) is 37.3 Å². The Morgan fingerprint density at radius 2 is 1.69 bits per heavy atom. The van der Waals surface area contributed by atoms with Crippen molar-refractivity contribution in [2.75, 3.05) is 23.7 Å². The average Bonchev–Trinajstić information content (AvgIpc) is 2.56. The van der Waals surface area contributed by atoms with Gasteiger partial charge >= 0.3 is 0 Å². The number of rotatable bonds is 7. The van der Waals surface area contributed by atoms with Crippen molar-refractivity contribution < 1.29 is 13.2 Å². The first-order valence-electron chi connectivity index (χ1n) is 7.92. The Morgan fingerprint density at radius 1 is 1.12 bits per heavy atom. The smallest absolute Gasteiger partial charge is 0.240 e. The molecule has 0 unspecified atom stereocenters. The van der Waals surface area contributed by atoms with Gasteiger partial charge in [0, 0.05) is 16.6 Å². The predicted octanol–water partition coefficient (Wildman–Crippen LogP) is 3.68. The van der Waals surface area contributed by atoms with Gasteiger partial charge in [0.05, 0.1) is 11.9 Å². The second-order valence-corrected chi connectivity index (χ2v) is 8.79. The van der Waals surface area contributed by atoms with Gasteiger partial charge in [-0.3, -0.25) is 9.10 Å². The minimum absolute atomic E-state index is 0.104. The number of hydrogen-bond donors (Lipinski definition) is 1. The van der Waals surface area contributed by atoms with Gasteiger partial charge in [-0.05, 0) is 29.7 Å². The molecule has 0 aliphatic carbocycles. The zero-order valence-corrected chi connectivity index (χ0v) is 16.8. The van der Waals surface area contributed by atoms with Gasteiger partial charge in [0.15, 0.2) is 0 Å². The number of halogens is 2. The van der Waals surface area contributed by atoms with Crippen LogP contribution in [-0.2, 0) is 14.8 Å². The lowest BCUT2D eigenvalue weighted by Gasteiger charge is -2.23. The Kier molecular flexibility index (Phi) is 6.92. The molecule has 2 aromatic rings. The summed E-state index contributed by atoms with van der Waals surface area (Å²) in [5.74, 6) is -0.304. The molecule has 0 heterocycles. The van der Waals surface area contributed by atoms with Gasteiger partial charge in [0.25, 0.3) is 0 Å². The molecule has 0 spiro atoms. The highest BCUT2D eigenvalue weighted by Crippen LogP contribution is 2.26. The van der Waals surface area contributed by atoms with Gasteiger partial charge in [-0.1, -0.05) is 60.5 Å². The molecule has 1 N–H and O–H groups in total. The first-order valence-corrected chi connectivity index (χ1v) is 10.5. The number of nitrogens with zero attached hydrogens (tertiary/aromatic N) is 1. The molecule has 0 aliphatic rings. The van der Waals surface area contributed by atoms with Crippen LogP contribution in [0.25, 0.3) is 0 Å². The van der Waals surface area contributed by atoms with E-state index in [-0.39, 0.29) is 18.2 Å². The highest BCUT2D eigenvalue weighted by atomic mass is 35.5. The maximum absolute atomic E-state index is 12.3. The Bertz CT molecular complexity index is 853. The van der Waals surface area contributed by atoms with Crippen molar-refractivity contribution >= 4 is 44.8 Å². The quantitative estimate of drug-likeness (QED) is 0.750. The highest BCUT2D eigenvalue weighted by Gasteiger charge is 2.22. The van der Waals surface area contributed by atoms with E-state index in [0.29, 0.717) is 16.6 Å². The normalized spacial score (nSPS) is 12.5. The summed E-state index contributed by atoms with van der Waals surface area (Å²) in [7, 11) is -3.68. The third-order valence-electron chi connectivity index (χ3n) is 3.80. The maximum atomic E-state index is 12.3. The second-order valence-electron chi connectivity index (χ2n) is 6.01. The van der Waals surface area contributed by atoms with Crippen LogP contribution in [-0.4, -0.2) is 33.7 Å². The van der Waals surface area contributed by atoms with E-state index in [1.165, 1.54) is 18.2 Å². The summed E-state index contributed by atoms with van der Waals surface area (Å²) in [6.45, 7) is 2.04. The molecule has 0 aromatic heterocycles. The van der Waals surface area contributed by atoms with Crippen LogP contribution < -0.4 is 9.62 Å². The number of nitrogens with one attached hydrogen (secondary N) is 1. The van der Waals surface area contributed by atoms with E-state index >= 15 is 0 Å². The Hall–Kier alpha value is -1.76. The summed E-state index contributed by atoms with van der Waals surface area (Å²) in [6, 6.07) is 14.2. The third-order valence-corrected chi connectivity index (χ3v) is 5.37. The number of hydrogen-bond acceptors (Lipinski definition) is 3. The summed E-state index contributed by atoms with van der Waals surface area (Å²) in [6.07, 6.45) is 1.03. The van der Waals surface area contributed by atoms with Crippen molar-refractivity contribution in [1.82, 2.24) is 5.32 Å². The number of amides is 1. The lowest BCUT2D eigenvalue weighted by atomic mass is 10.0. The average molecular weight is 415 g/mol. The molecule has 140 valence electrons. The first-order chi connectivity index (χ1) is 12.2. The van der Waals surface area contributed by atoms with Gasteiger partial charge in [0.2, 0.25) is 15.9 Å². The molecular weight excluding hydrogens is 395 g/mol. The highest BCUT2D eigenvalue weighted by molar-refractivity contribution is 7.92. The molecule has 2 aromatic carbocycles. The van der Waals surface area contributed by atoms with Gasteiger partial charge in [-0.2, -0.15) is 0 Å². The van der Waals surface area contributed by atoms with Crippen LogP contribution in [0.4, 0.5) is 5.69 Å². The first kappa shape index (κ1) is 20.6. The molecule has 0 aliphatic heterocycles. The molecule has 0 bridgehead atoms. The van der Waals surface area contributed by atoms with Crippen LogP contribution in [0.5, 0.6) is 0 Å². The lowest BCUT2D eigenvalue weighted by Crippen LogP contribution is -2.41. The standard InChI is InChI=1S/C18H20Cl2N2O3S/c1-13(14-6-4-3-5-7-14)11-21-18(23)12-22(26(2,24)25)17-9-15(19)8-16(20)10-17/h3-10,13H,11-12H2,1-2H3,(H,21,23)/t13-/m0/s1. The molecule has 0 saturated heterocycles. The maximum Gasteiger partial charge on any atom is 0.240 e. The van der Waals surface area contributed by atoms with Crippen molar-refractivity contribution in [3.63, 3.8) is 0 Å². The summed E-state index contributed by atoms with van der Waals surface area (Å²) in [5, 5.41) is 3.35. The zero-order valence-electron chi connectivity index (χ0n) is 14.4. The molecule has 1 atom stereocenters. The fourth-order valence-corrected chi connectivity index (χ4v) is 3.79. The van der Waals surface area contributed by atoms with Crippen molar-refractivity contribution in [3.05, 3.63) is 64.1 Å². The summed E-state index contributed by atoms with van der Waals surface area (Å²) in [4.78, 5) is 12.3. The number of carbonyl (C=O) groups excluding carboxylic acids is 1. The van der Waals surface area contributed by atoms with Gasteiger partial charge in [-0.15, -0.1) is 0 Å². The van der Waals surface area contributed by atoms with Gasteiger partial charge in [-0.25, -0.2) is 8.42 Å². The molecular formula is C18H20Cl2N2O3S. The van der Waals surface area contributed by atoms with E-state index in [0.717, 1.165) is 16.1 Å². The van der Waals surface area contributed by atoms with Gasteiger partial charge < -0.3 is 5.32 Å². The minimum Gasteiger partial charge on any atom is -0.354 e. The summed E-state index contributed by atoms with van der Waals surface area (Å²) in [5.41, 5.74) is 1.34. The molecule has 0 radical (unpaired) electrons. The minimum atomic E-state index is -3.68. The Morgan fingerprint density at radius 3 is 2.23 bits per heavy atom. The Balaban J connectivity index is 2.08. The van der Waals surface area contributed by atoms with Crippen LogP contribution in [0.2, 0.25) is 10.0 Å². The lowest BCUT2D eigenvalue weighted by molar-refractivity contribution is -0.119. The molecule has 0 saturated carbocycles. The van der Waals surface area contributed by atoms with E-state index in [9.17, 15) is 13.2 Å². The monoisotopic (exact) mass is 414 g/mol. The van der Waals surface area contributed by atoms with E-state index in [1.54, 1.807) is 0 Å². The summed E-state index contributed by atoms with van der Waals surface area (Å²) >= 11 is 11.9. The van der Waals surface area contributed by atoms with Crippen LogP contribution in [0.15, 0.2) is 48.5 Å². The SMILES string of the molecule is C[C@@H](CNC(=O)CN(c1cc(Cl)cc(Cl)c1)S(C)(=O)=O)c1ccccc1. The van der Waals surface area contributed by atoms with Crippen molar-refractivity contribution in [2.24, 2.45) is 0 Å². The molecule has 8 heteroatoms. The number of benzene rings is 2. The Labute approximate surface area is 164 Å². The number of sulfonamides is 1. The molecule has 0 fully saturated rings. The fraction of sp³-hybridized carbons (Fsp3) is 0.278. The van der Waals surface area contributed by atoms with Crippen molar-refractivity contribution in [1.29, 1.82) is 0 Å². The third kappa shape index (κ3) is 5.90. The van der Waals surface area contributed by atoms with Crippen molar-refractivity contribution in [3.8, 4) is 0 Å². The number of carbonyl (C=O) groups is 1.